The van der Waals surface area contributed by atoms with E-state index in [1.165, 1.54) is 32.3 Å². The van der Waals surface area contributed by atoms with E-state index in [-0.39, 0.29) is 11.3 Å². The Kier molecular flexibility index (Phi) is 12.0. The van der Waals surface area contributed by atoms with Gasteiger partial charge in [0.15, 0.2) is 0 Å². The molecule has 1 N–H and O–H groups in total. The summed E-state index contributed by atoms with van der Waals surface area (Å²) in [6.07, 6.45) is 8.48. The van der Waals surface area contributed by atoms with Crippen molar-refractivity contribution in [1.29, 1.82) is 0 Å². The molecule has 2 nitrogen and oxygen atoms in total. The lowest BCUT2D eigenvalue weighted by Crippen LogP contribution is -2.33. The summed E-state index contributed by atoms with van der Waals surface area (Å²) in [5.74, 6) is 5.95. The van der Waals surface area contributed by atoms with Crippen LogP contribution in [0, 0.1) is 49.2 Å². The van der Waals surface area contributed by atoms with Gasteiger partial charge in [0.05, 0.1) is 11.7 Å². The predicted octanol–water partition coefficient (Wildman–Crippen LogP) is 8.68. The first kappa shape index (κ1) is 31.3. The average molecular weight is 561 g/mol. The zero-order valence-electron chi connectivity index (χ0n) is 23.5. The summed E-state index contributed by atoms with van der Waals surface area (Å²) in [5.41, 5.74) is 3.68. The van der Waals surface area contributed by atoms with Gasteiger partial charge in [-0.25, -0.2) is 17.6 Å². The zero-order valence-corrected chi connectivity index (χ0v) is 24.7. The molecule has 0 aliphatic heterocycles. The van der Waals surface area contributed by atoms with Crippen molar-refractivity contribution in [2.24, 2.45) is 11.8 Å². The molecule has 212 valence electrons. The third-order valence-corrected chi connectivity index (χ3v) is 8.41. The third kappa shape index (κ3) is 7.71. The monoisotopic (exact) mass is 560 g/mol. The number of alkyl halides is 2. The highest BCUT2D eigenvalue weighted by Crippen LogP contribution is 2.42. The molecule has 0 bridgehead atoms. The highest BCUT2D eigenvalue weighted by molar-refractivity contribution is 7.17. The standard InChI is InChI=1S/C32H41F4N2P/c1-5-7-8-12-26(30-20(3)15-28(35)21(4)31(30)36)27(16-22(6-2)23-10-9-11-23)29-14-13-24(19-37-29)32(39)38-25(17-33)18-34/h13-15,19,22-23,25,32,38H,5-7,9-11,16-18,39H2,1-4H3. The molecule has 1 aromatic carbocycles. The van der Waals surface area contributed by atoms with Crippen LogP contribution in [0.25, 0.3) is 11.1 Å². The van der Waals surface area contributed by atoms with Gasteiger partial charge >= 0.3 is 0 Å². The lowest BCUT2D eigenvalue weighted by atomic mass is 9.71. The van der Waals surface area contributed by atoms with Crippen LogP contribution in [0.15, 0.2) is 24.4 Å². The maximum atomic E-state index is 15.7. The number of rotatable bonds is 12. The second-order valence-electron chi connectivity index (χ2n) is 10.6. The van der Waals surface area contributed by atoms with Gasteiger partial charge in [-0.05, 0) is 67.4 Å². The zero-order chi connectivity index (χ0) is 28.5. The molecule has 1 aromatic heterocycles. The first-order valence-corrected chi connectivity index (χ1v) is 14.7. The molecule has 3 unspecified atom stereocenters. The van der Waals surface area contributed by atoms with Crippen molar-refractivity contribution in [1.82, 2.24) is 10.3 Å². The summed E-state index contributed by atoms with van der Waals surface area (Å²) >= 11 is 0. The number of pyridine rings is 1. The van der Waals surface area contributed by atoms with E-state index < -0.39 is 31.0 Å². The van der Waals surface area contributed by atoms with E-state index in [2.05, 4.69) is 33.3 Å². The number of hydrogen-bond donors (Lipinski definition) is 1. The van der Waals surface area contributed by atoms with Crippen LogP contribution in [0.3, 0.4) is 0 Å². The molecule has 1 saturated carbocycles. The van der Waals surface area contributed by atoms with Crippen LogP contribution >= 0.6 is 9.24 Å². The smallest absolute Gasteiger partial charge is 0.137 e. The summed E-state index contributed by atoms with van der Waals surface area (Å²) < 4.78 is 56.3. The summed E-state index contributed by atoms with van der Waals surface area (Å²) in [4.78, 5) is 4.76. The molecule has 1 heterocycles. The first-order chi connectivity index (χ1) is 18.7. The minimum Gasteiger partial charge on any atom is -0.299 e. The van der Waals surface area contributed by atoms with Crippen LogP contribution < -0.4 is 5.32 Å². The van der Waals surface area contributed by atoms with Crippen molar-refractivity contribution in [2.75, 3.05) is 13.3 Å². The van der Waals surface area contributed by atoms with Gasteiger partial charge in [0, 0.05) is 35.1 Å². The summed E-state index contributed by atoms with van der Waals surface area (Å²) in [7, 11) is 2.56. The predicted molar refractivity (Wildman–Crippen MR) is 157 cm³/mol. The molecule has 1 aliphatic carbocycles. The van der Waals surface area contributed by atoms with Gasteiger partial charge < -0.3 is 0 Å². The summed E-state index contributed by atoms with van der Waals surface area (Å²) in [6.45, 7) is 5.79. The number of hydrogen-bond acceptors (Lipinski definition) is 2. The Balaban J connectivity index is 2.19. The van der Waals surface area contributed by atoms with Crippen LogP contribution in [-0.2, 0) is 0 Å². The Labute approximate surface area is 233 Å². The molecule has 7 heteroatoms. The third-order valence-electron chi connectivity index (χ3n) is 7.83. The van der Waals surface area contributed by atoms with Crippen LogP contribution in [0.2, 0.25) is 0 Å². The van der Waals surface area contributed by atoms with Crippen molar-refractivity contribution in [3.63, 3.8) is 0 Å². The SMILES string of the molecule is CCCC#CC(=C(CC(CC)C1CCC1)c1ccc(C(P)NC(CF)CF)cn1)c1c(C)cc(F)c(C)c1F. The molecule has 1 fully saturated rings. The maximum Gasteiger partial charge on any atom is 0.137 e. The van der Waals surface area contributed by atoms with E-state index in [4.69, 9.17) is 4.98 Å². The quantitative estimate of drug-likeness (QED) is 0.160. The second-order valence-corrected chi connectivity index (χ2v) is 11.3. The largest absolute Gasteiger partial charge is 0.299 e. The van der Waals surface area contributed by atoms with Gasteiger partial charge in [0.25, 0.3) is 0 Å². The molecule has 0 saturated heterocycles. The topological polar surface area (TPSA) is 24.9 Å². The molecular weight excluding hydrogens is 519 g/mol. The Hall–Kier alpha value is -2.22. The highest BCUT2D eigenvalue weighted by atomic mass is 31.0. The van der Waals surface area contributed by atoms with Gasteiger partial charge in [-0.2, -0.15) is 0 Å². The van der Waals surface area contributed by atoms with E-state index in [9.17, 15) is 13.2 Å². The normalized spacial score (nSPS) is 15.8. The Morgan fingerprint density at radius 3 is 2.41 bits per heavy atom. The number of nitrogens with zero attached hydrogens (tertiary/aromatic N) is 1. The molecule has 2 aromatic rings. The van der Waals surface area contributed by atoms with Crippen LogP contribution in [0.1, 0.15) is 92.5 Å². The van der Waals surface area contributed by atoms with Crippen molar-refractivity contribution in [3.05, 3.63) is 64.0 Å². The van der Waals surface area contributed by atoms with Gasteiger partial charge in [-0.3, -0.25) is 10.3 Å². The minimum absolute atomic E-state index is 0.0220. The van der Waals surface area contributed by atoms with E-state index in [1.807, 2.05) is 19.1 Å². The molecule has 39 heavy (non-hydrogen) atoms. The molecular formula is C32H41F4N2P. The first-order valence-electron chi connectivity index (χ1n) is 14.0. The molecule has 3 atom stereocenters. The summed E-state index contributed by atoms with van der Waals surface area (Å²) in [5, 5.41) is 2.92. The number of nitrogens with one attached hydrogen (secondary N) is 1. The number of aryl methyl sites for hydroxylation is 1. The van der Waals surface area contributed by atoms with Crippen LogP contribution in [0.5, 0.6) is 0 Å². The van der Waals surface area contributed by atoms with Crippen LogP contribution in [-0.4, -0.2) is 24.4 Å². The number of halogens is 4. The lowest BCUT2D eigenvalue weighted by Gasteiger charge is -2.34. The lowest BCUT2D eigenvalue weighted by molar-refractivity contribution is 0.204. The van der Waals surface area contributed by atoms with E-state index in [0.29, 0.717) is 47.1 Å². The van der Waals surface area contributed by atoms with E-state index in [1.54, 1.807) is 13.1 Å². The van der Waals surface area contributed by atoms with Gasteiger partial charge in [0.2, 0.25) is 0 Å². The highest BCUT2D eigenvalue weighted by Gasteiger charge is 2.29. The number of unbranched alkanes of at least 4 members (excludes halogenated alkanes) is 1. The Morgan fingerprint density at radius 2 is 1.87 bits per heavy atom. The van der Waals surface area contributed by atoms with E-state index in [0.717, 1.165) is 24.0 Å². The second kappa shape index (κ2) is 15.0. The maximum absolute atomic E-state index is 15.7. The van der Waals surface area contributed by atoms with Crippen molar-refractivity contribution >= 4 is 20.4 Å². The van der Waals surface area contributed by atoms with Crippen LogP contribution in [0.4, 0.5) is 17.6 Å². The number of allylic oxidation sites excluding steroid dienone is 2. The van der Waals surface area contributed by atoms with Crippen molar-refractivity contribution in [2.45, 2.75) is 84.5 Å². The molecule has 0 amide bonds. The Morgan fingerprint density at radius 1 is 1.15 bits per heavy atom. The van der Waals surface area contributed by atoms with Crippen molar-refractivity contribution in [3.8, 4) is 11.8 Å². The van der Waals surface area contributed by atoms with Gasteiger partial charge in [-0.1, -0.05) is 57.4 Å². The number of benzene rings is 1. The molecule has 0 radical (unpaired) electrons. The molecule has 0 spiro atoms. The van der Waals surface area contributed by atoms with Gasteiger partial charge in [-0.15, -0.1) is 9.24 Å². The molecule has 1 aliphatic rings. The van der Waals surface area contributed by atoms with Crippen molar-refractivity contribution < 1.29 is 17.6 Å². The van der Waals surface area contributed by atoms with Gasteiger partial charge in [0.1, 0.15) is 25.0 Å². The Bertz CT molecular complexity index is 1190. The minimum atomic E-state index is -0.886. The average Bonchev–Trinajstić information content (AvgIpc) is 2.91. The summed E-state index contributed by atoms with van der Waals surface area (Å²) in [6, 6.07) is 4.25. The fourth-order valence-corrected chi connectivity index (χ4v) is 5.58. The molecule has 3 rings (SSSR count). The number of aromatic nitrogens is 1. The fourth-order valence-electron chi connectivity index (χ4n) is 5.11. The van der Waals surface area contributed by atoms with E-state index >= 15 is 4.39 Å². The fraction of sp³-hybridized carbons (Fsp3) is 0.531.